The first kappa shape index (κ1) is 17.8. The molecule has 0 fully saturated rings. The van der Waals surface area contributed by atoms with Crippen molar-refractivity contribution in [1.82, 2.24) is 24.7 Å². The van der Waals surface area contributed by atoms with E-state index in [2.05, 4.69) is 63.5 Å². The van der Waals surface area contributed by atoms with E-state index in [-0.39, 0.29) is 5.92 Å². The van der Waals surface area contributed by atoms with E-state index in [4.69, 9.17) is 0 Å². The predicted molar refractivity (Wildman–Crippen MR) is 104 cm³/mol. The molecule has 0 atom stereocenters. The van der Waals surface area contributed by atoms with Gasteiger partial charge in [0.15, 0.2) is 0 Å². The molecule has 2 aromatic heterocycles. The van der Waals surface area contributed by atoms with Crippen molar-refractivity contribution in [2.24, 2.45) is 0 Å². The third-order valence-electron chi connectivity index (χ3n) is 3.96. The van der Waals surface area contributed by atoms with Crippen molar-refractivity contribution in [2.45, 2.75) is 26.2 Å². The van der Waals surface area contributed by atoms with Gasteiger partial charge in [-0.3, -0.25) is 0 Å². The van der Waals surface area contributed by atoms with E-state index >= 15 is 0 Å². The van der Waals surface area contributed by atoms with Crippen molar-refractivity contribution in [3.05, 3.63) is 54.1 Å². The maximum Gasteiger partial charge on any atom is 0.229 e. The van der Waals surface area contributed by atoms with E-state index < -0.39 is 0 Å². The highest BCUT2D eigenvalue weighted by Gasteiger charge is 2.10. The molecule has 136 valence electrons. The second-order valence-corrected chi connectivity index (χ2v) is 6.66. The second kappa shape index (κ2) is 7.95. The molecule has 0 radical (unpaired) electrons. The van der Waals surface area contributed by atoms with Gasteiger partial charge >= 0.3 is 0 Å². The minimum absolute atomic E-state index is 0.257. The molecular weight excluding hydrogens is 326 g/mol. The highest BCUT2D eigenvalue weighted by molar-refractivity contribution is 5.37. The molecule has 0 spiro atoms. The zero-order valence-corrected chi connectivity index (χ0v) is 15.7. The maximum atomic E-state index is 4.52. The average molecular weight is 351 g/mol. The summed E-state index contributed by atoms with van der Waals surface area (Å²) in [6.45, 7) is 4.93. The van der Waals surface area contributed by atoms with Crippen LogP contribution in [-0.2, 0) is 6.42 Å². The first-order chi connectivity index (χ1) is 12.5. The molecule has 0 aliphatic carbocycles. The van der Waals surface area contributed by atoms with E-state index in [0.717, 1.165) is 24.5 Å². The molecule has 0 amide bonds. The third-order valence-corrected chi connectivity index (χ3v) is 3.96. The summed E-state index contributed by atoms with van der Waals surface area (Å²) in [4.78, 5) is 15.4. The molecular formula is C19H25N7. The minimum Gasteiger partial charge on any atom is -0.354 e. The van der Waals surface area contributed by atoms with Gasteiger partial charge in [0.2, 0.25) is 11.9 Å². The van der Waals surface area contributed by atoms with Gasteiger partial charge in [0.05, 0.1) is 5.69 Å². The Labute approximate surface area is 154 Å². The molecule has 7 nitrogen and oxygen atoms in total. The number of aromatic nitrogens is 5. The van der Waals surface area contributed by atoms with Gasteiger partial charge in [-0.05, 0) is 30.2 Å². The van der Waals surface area contributed by atoms with E-state index in [1.165, 1.54) is 5.56 Å². The van der Waals surface area contributed by atoms with E-state index in [1.807, 2.05) is 35.9 Å². The number of benzene rings is 1. The zero-order valence-electron chi connectivity index (χ0n) is 15.7. The first-order valence-electron chi connectivity index (χ1n) is 8.79. The van der Waals surface area contributed by atoms with Gasteiger partial charge in [-0.1, -0.05) is 26.0 Å². The summed E-state index contributed by atoms with van der Waals surface area (Å²) in [5, 5.41) is 7.56. The molecule has 3 rings (SSSR count). The van der Waals surface area contributed by atoms with Crippen LogP contribution >= 0.6 is 0 Å². The van der Waals surface area contributed by atoms with Gasteiger partial charge in [0, 0.05) is 39.0 Å². The van der Waals surface area contributed by atoms with Crippen LogP contribution in [-0.4, -0.2) is 45.4 Å². The predicted octanol–water partition coefficient (Wildman–Crippen LogP) is 2.90. The average Bonchev–Trinajstić information content (AvgIpc) is 3.16. The lowest BCUT2D eigenvalue weighted by molar-refractivity contribution is 0.753. The number of rotatable bonds is 7. The van der Waals surface area contributed by atoms with Gasteiger partial charge in [-0.15, -0.1) is 0 Å². The molecule has 1 aromatic carbocycles. The van der Waals surface area contributed by atoms with Gasteiger partial charge in [-0.2, -0.15) is 20.1 Å². The molecule has 0 bridgehead atoms. The van der Waals surface area contributed by atoms with E-state index in [0.29, 0.717) is 11.9 Å². The summed E-state index contributed by atoms with van der Waals surface area (Å²) in [6, 6.07) is 10.3. The quantitative estimate of drug-likeness (QED) is 0.706. The van der Waals surface area contributed by atoms with Gasteiger partial charge in [-0.25, -0.2) is 4.68 Å². The Bertz CT molecular complexity index is 797. The Morgan fingerprint density at radius 1 is 1.08 bits per heavy atom. The second-order valence-electron chi connectivity index (χ2n) is 6.66. The number of hydrogen-bond acceptors (Lipinski definition) is 6. The molecule has 1 N–H and O–H groups in total. The lowest BCUT2D eigenvalue weighted by Crippen LogP contribution is -2.18. The smallest absolute Gasteiger partial charge is 0.229 e. The molecule has 0 aliphatic rings. The molecule has 3 aromatic rings. The van der Waals surface area contributed by atoms with Gasteiger partial charge in [0.25, 0.3) is 0 Å². The Hall–Kier alpha value is -2.96. The molecule has 2 heterocycles. The van der Waals surface area contributed by atoms with Crippen LogP contribution in [0.5, 0.6) is 0 Å². The van der Waals surface area contributed by atoms with Crippen LogP contribution < -0.4 is 10.2 Å². The van der Waals surface area contributed by atoms with Crippen LogP contribution in [0.4, 0.5) is 11.9 Å². The fourth-order valence-corrected chi connectivity index (χ4v) is 2.47. The standard InChI is InChI=1S/C19H25N7/c1-14(2)17-22-18(24-19(23-17)25(3)4)20-12-10-15-6-8-16(9-7-15)26-13-5-11-21-26/h5-9,11,13-14H,10,12H2,1-4H3,(H,20,22,23,24). The number of nitrogens with one attached hydrogen (secondary N) is 1. The van der Waals surface area contributed by atoms with Crippen LogP contribution in [0.15, 0.2) is 42.7 Å². The van der Waals surface area contributed by atoms with Gasteiger partial charge < -0.3 is 10.2 Å². The topological polar surface area (TPSA) is 71.8 Å². The molecule has 0 aliphatic heterocycles. The van der Waals surface area contributed by atoms with Crippen LogP contribution in [0.25, 0.3) is 5.69 Å². The van der Waals surface area contributed by atoms with Gasteiger partial charge in [0.1, 0.15) is 5.82 Å². The van der Waals surface area contributed by atoms with E-state index in [9.17, 15) is 0 Å². The lowest BCUT2D eigenvalue weighted by Gasteiger charge is -2.14. The summed E-state index contributed by atoms with van der Waals surface area (Å²) in [5.74, 6) is 2.36. The summed E-state index contributed by atoms with van der Waals surface area (Å²) >= 11 is 0. The van der Waals surface area contributed by atoms with E-state index in [1.54, 1.807) is 6.20 Å². The molecule has 0 saturated heterocycles. The summed E-state index contributed by atoms with van der Waals surface area (Å²) in [6.07, 6.45) is 4.60. The van der Waals surface area contributed by atoms with Crippen molar-refractivity contribution in [3.8, 4) is 5.69 Å². The normalized spacial score (nSPS) is 11.0. The monoisotopic (exact) mass is 351 g/mol. The zero-order chi connectivity index (χ0) is 18.5. The molecule has 26 heavy (non-hydrogen) atoms. The Morgan fingerprint density at radius 2 is 1.85 bits per heavy atom. The van der Waals surface area contributed by atoms with Crippen LogP contribution in [0.1, 0.15) is 31.2 Å². The number of hydrogen-bond donors (Lipinski definition) is 1. The first-order valence-corrected chi connectivity index (χ1v) is 8.79. The Balaban J connectivity index is 1.62. The fourth-order valence-electron chi connectivity index (χ4n) is 2.47. The van der Waals surface area contributed by atoms with Crippen LogP contribution in [0.2, 0.25) is 0 Å². The molecule has 0 unspecified atom stereocenters. The third kappa shape index (κ3) is 4.36. The number of anilines is 2. The summed E-state index contributed by atoms with van der Waals surface area (Å²) in [7, 11) is 3.87. The minimum atomic E-state index is 0.257. The van der Waals surface area contributed by atoms with Crippen LogP contribution in [0.3, 0.4) is 0 Å². The maximum absolute atomic E-state index is 4.52. The number of nitrogens with zero attached hydrogens (tertiary/aromatic N) is 6. The highest BCUT2D eigenvalue weighted by Crippen LogP contribution is 2.15. The van der Waals surface area contributed by atoms with Crippen molar-refractivity contribution in [3.63, 3.8) is 0 Å². The Morgan fingerprint density at radius 3 is 2.46 bits per heavy atom. The lowest BCUT2D eigenvalue weighted by atomic mass is 10.1. The summed E-state index contributed by atoms with van der Waals surface area (Å²) in [5.41, 5.74) is 2.31. The van der Waals surface area contributed by atoms with Crippen molar-refractivity contribution in [2.75, 3.05) is 30.9 Å². The largest absolute Gasteiger partial charge is 0.354 e. The van der Waals surface area contributed by atoms with Crippen molar-refractivity contribution in [1.29, 1.82) is 0 Å². The Kier molecular flexibility index (Phi) is 5.46. The molecule has 7 heteroatoms. The van der Waals surface area contributed by atoms with Crippen molar-refractivity contribution >= 4 is 11.9 Å². The fraction of sp³-hybridized carbons (Fsp3) is 0.368. The molecule has 0 saturated carbocycles. The highest BCUT2D eigenvalue weighted by atomic mass is 15.3. The van der Waals surface area contributed by atoms with Crippen LogP contribution in [0, 0.1) is 0 Å². The van der Waals surface area contributed by atoms with Crippen molar-refractivity contribution < 1.29 is 0 Å². The SMILES string of the molecule is CC(C)c1nc(NCCc2ccc(-n3cccn3)cc2)nc(N(C)C)n1. The summed E-state index contributed by atoms with van der Waals surface area (Å²) < 4.78 is 1.85.